The fourth-order valence-electron chi connectivity index (χ4n) is 1.71. The number of rotatable bonds is 1. The molecule has 1 aliphatic heterocycles. The van der Waals surface area contributed by atoms with Crippen LogP contribution in [-0.4, -0.2) is 23.4 Å². The molecule has 3 atom stereocenters. The summed E-state index contributed by atoms with van der Waals surface area (Å²) in [5.74, 6) is 3.27. The second-order valence-corrected chi connectivity index (χ2v) is 3.56. The van der Waals surface area contributed by atoms with Crippen LogP contribution in [0.15, 0.2) is 0 Å². The first kappa shape index (κ1) is 9.12. The first-order valence-corrected chi connectivity index (χ1v) is 4.33. The average molecular weight is 165 g/mol. The van der Waals surface area contributed by atoms with Crippen LogP contribution >= 0.6 is 0 Å². The van der Waals surface area contributed by atoms with Crippen molar-refractivity contribution in [3.05, 3.63) is 0 Å². The van der Waals surface area contributed by atoms with Crippen LogP contribution in [0.1, 0.15) is 20.8 Å². The molecule has 1 rings (SSSR count). The van der Waals surface area contributed by atoms with Gasteiger partial charge in [-0.15, -0.1) is 6.42 Å². The van der Waals surface area contributed by atoms with Crippen LogP contribution in [0.4, 0.5) is 0 Å². The molecule has 0 bridgehead atoms. The molecule has 2 heteroatoms. The number of nitrogens with zero attached hydrogens (tertiary/aromatic N) is 1. The molecule has 0 aromatic carbocycles. The molecule has 0 saturated carbocycles. The van der Waals surface area contributed by atoms with Crippen LogP contribution in [0, 0.1) is 24.2 Å². The van der Waals surface area contributed by atoms with Gasteiger partial charge in [0.05, 0.1) is 6.54 Å². The number of amides is 1. The van der Waals surface area contributed by atoms with Crippen molar-refractivity contribution in [3.63, 3.8) is 0 Å². The van der Waals surface area contributed by atoms with Gasteiger partial charge in [-0.2, -0.15) is 0 Å². The molecule has 0 spiro atoms. The molecule has 1 saturated heterocycles. The monoisotopic (exact) mass is 165 g/mol. The highest BCUT2D eigenvalue weighted by Gasteiger charge is 2.39. The van der Waals surface area contributed by atoms with E-state index < -0.39 is 0 Å². The van der Waals surface area contributed by atoms with Crippen molar-refractivity contribution < 1.29 is 4.79 Å². The third kappa shape index (κ3) is 1.20. The van der Waals surface area contributed by atoms with E-state index >= 15 is 0 Å². The lowest BCUT2D eigenvalue weighted by molar-refractivity contribution is -0.130. The lowest BCUT2D eigenvalue weighted by Gasteiger charge is -2.20. The van der Waals surface area contributed by atoms with Gasteiger partial charge in [-0.25, -0.2) is 0 Å². The molecule has 0 radical (unpaired) electrons. The minimum Gasteiger partial charge on any atom is -0.328 e. The van der Waals surface area contributed by atoms with E-state index in [1.54, 1.807) is 4.90 Å². The summed E-state index contributed by atoms with van der Waals surface area (Å²) in [4.78, 5) is 13.3. The Morgan fingerprint density at radius 1 is 1.50 bits per heavy atom. The predicted octanol–water partition coefficient (Wildman–Crippen LogP) is 1.12. The van der Waals surface area contributed by atoms with E-state index in [2.05, 4.69) is 19.8 Å². The van der Waals surface area contributed by atoms with Gasteiger partial charge in [-0.05, 0) is 12.8 Å². The van der Waals surface area contributed by atoms with Gasteiger partial charge in [-0.3, -0.25) is 4.79 Å². The van der Waals surface area contributed by atoms with Crippen LogP contribution in [0.5, 0.6) is 0 Å². The molecular formula is C10H15NO. The molecule has 1 fully saturated rings. The van der Waals surface area contributed by atoms with Crippen LogP contribution in [0.3, 0.4) is 0 Å². The molecule has 0 N–H and O–H groups in total. The molecule has 2 nitrogen and oxygen atoms in total. The van der Waals surface area contributed by atoms with E-state index in [0.29, 0.717) is 18.5 Å². The molecule has 12 heavy (non-hydrogen) atoms. The number of terminal acetylenes is 1. The second-order valence-electron chi connectivity index (χ2n) is 3.56. The van der Waals surface area contributed by atoms with Gasteiger partial charge in [-0.1, -0.05) is 19.8 Å². The Kier molecular flexibility index (Phi) is 2.42. The number of hydrogen-bond acceptors (Lipinski definition) is 1. The van der Waals surface area contributed by atoms with Crippen molar-refractivity contribution in [2.75, 3.05) is 6.54 Å². The lowest BCUT2D eigenvalue weighted by atomic mass is 9.95. The predicted molar refractivity (Wildman–Crippen MR) is 48.3 cm³/mol. The lowest BCUT2D eigenvalue weighted by Crippen LogP contribution is -2.33. The molecule has 0 aliphatic carbocycles. The molecule has 3 unspecified atom stereocenters. The van der Waals surface area contributed by atoms with E-state index in [9.17, 15) is 4.79 Å². The highest BCUT2D eigenvalue weighted by molar-refractivity contribution is 5.81. The Bertz CT molecular complexity index is 228. The topological polar surface area (TPSA) is 20.3 Å². The van der Waals surface area contributed by atoms with Crippen LogP contribution in [-0.2, 0) is 4.79 Å². The Morgan fingerprint density at radius 3 is 2.42 bits per heavy atom. The maximum Gasteiger partial charge on any atom is 0.226 e. The first-order chi connectivity index (χ1) is 5.59. The standard InChI is InChI=1S/C10H15NO/c1-5-6-11-9(4)7(2)8(3)10(11)12/h1,7-9H,6H2,2-4H3. The van der Waals surface area contributed by atoms with Crippen molar-refractivity contribution in [1.29, 1.82) is 0 Å². The first-order valence-electron chi connectivity index (χ1n) is 4.33. The number of likely N-dealkylation sites (tertiary alicyclic amines) is 1. The summed E-state index contributed by atoms with van der Waals surface area (Å²) in [6, 6.07) is 0.295. The quantitative estimate of drug-likeness (QED) is 0.533. The van der Waals surface area contributed by atoms with Crippen molar-refractivity contribution in [1.82, 2.24) is 4.90 Å². The normalized spacial score (nSPS) is 35.3. The SMILES string of the molecule is C#CCN1C(=O)C(C)C(C)C1C. The third-order valence-corrected chi connectivity index (χ3v) is 2.98. The van der Waals surface area contributed by atoms with Crippen LogP contribution in [0.25, 0.3) is 0 Å². The highest BCUT2D eigenvalue weighted by atomic mass is 16.2. The molecule has 0 aromatic rings. The molecule has 0 aromatic heterocycles. The zero-order valence-electron chi connectivity index (χ0n) is 7.87. The van der Waals surface area contributed by atoms with E-state index in [0.717, 1.165) is 0 Å². The summed E-state index contributed by atoms with van der Waals surface area (Å²) in [5.41, 5.74) is 0. The van der Waals surface area contributed by atoms with E-state index in [-0.39, 0.29) is 11.8 Å². The molecule has 1 amide bonds. The van der Waals surface area contributed by atoms with E-state index in [4.69, 9.17) is 6.42 Å². The van der Waals surface area contributed by atoms with E-state index in [1.807, 2.05) is 6.92 Å². The minimum absolute atomic E-state index is 0.133. The van der Waals surface area contributed by atoms with Gasteiger partial charge in [0.15, 0.2) is 0 Å². The van der Waals surface area contributed by atoms with Crippen molar-refractivity contribution >= 4 is 5.91 Å². The summed E-state index contributed by atoms with van der Waals surface area (Å²) in [7, 11) is 0. The van der Waals surface area contributed by atoms with Gasteiger partial charge in [0.25, 0.3) is 0 Å². The maximum absolute atomic E-state index is 11.5. The average Bonchev–Trinajstić information content (AvgIpc) is 2.23. The molecule has 1 aliphatic rings. The number of hydrogen-bond donors (Lipinski definition) is 0. The summed E-state index contributed by atoms with van der Waals surface area (Å²) >= 11 is 0. The van der Waals surface area contributed by atoms with Gasteiger partial charge < -0.3 is 4.90 Å². The summed E-state index contributed by atoms with van der Waals surface area (Å²) in [6.07, 6.45) is 5.18. The van der Waals surface area contributed by atoms with Gasteiger partial charge >= 0.3 is 0 Å². The zero-order valence-corrected chi connectivity index (χ0v) is 7.87. The third-order valence-electron chi connectivity index (χ3n) is 2.98. The van der Waals surface area contributed by atoms with Gasteiger partial charge in [0, 0.05) is 12.0 Å². The second kappa shape index (κ2) is 3.18. The molecular weight excluding hydrogens is 150 g/mol. The Hall–Kier alpha value is -0.970. The fraction of sp³-hybridized carbons (Fsp3) is 0.700. The number of carbonyl (C=O) groups is 1. The molecule has 1 heterocycles. The Labute approximate surface area is 73.9 Å². The largest absolute Gasteiger partial charge is 0.328 e. The van der Waals surface area contributed by atoms with Crippen molar-refractivity contribution in [2.45, 2.75) is 26.8 Å². The van der Waals surface area contributed by atoms with E-state index in [1.165, 1.54) is 0 Å². The van der Waals surface area contributed by atoms with Crippen molar-refractivity contribution in [2.24, 2.45) is 11.8 Å². The zero-order chi connectivity index (χ0) is 9.30. The van der Waals surface area contributed by atoms with Gasteiger partial charge in [0.1, 0.15) is 0 Å². The smallest absolute Gasteiger partial charge is 0.226 e. The summed E-state index contributed by atoms with van der Waals surface area (Å²) in [5, 5.41) is 0. The Balaban J connectivity index is 2.78. The van der Waals surface area contributed by atoms with Crippen molar-refractivity contribution in [3.8, 4) is 12.3 Å². The molecule has 66 valence electrons. The maximum atomic E-state index is 11.5. The fourth-order valence-corrected chi connectivity index (χ4v) is 1.71. The van der Waals surface area contributed by atoms with Crippen LogP contribution in [0.2, 0.25) is 0 Å². The Morgan fingerprint density at radius 2 is 2.08 bits per heavy atom. The van der Waals surface area contributed by atoms with Crippen LogP contribution < -0.4 is 0 Å². The summed E-state index contributed by atoms with van der Waals surface area (Å²) in [6.45, 7) is 6.59. The van der Waals surface area contributed by atoms with Gasteiger partial charge in [0.2, 0.25) is 5.91 Å². The minimum atomic E-state index is 0.133. The highest BCUT2D eigenvalue weighted by Crippen LogP contribution is 2.29. The number of carbonyl (C=O) groups excluding carboxylic acids is 1. The summed E-state index contributed by atoms with van der Waals surface area (Å²) < 4.78 is 0.